The van der Waals surface area contributed by atoms with Crippen LogP contribution in [0.3, 0.4) is 0 Å². The number of aromatic nitrogens is 3. The lowest BCUT2D eigenvalue weighted by Gasteiger charge is -2.57. The molecular weight excluding hydrogens is 705 g/mol. The molecule has 13 nitrogen and oxygen atoms in total. The normalized spacial score (nSPS) is 19.5. The molecule has 10 rings (SSSR count). The largest absolute Gasteiger partial charge is 0.474 e. The molecule has 3 N–H and O–H groups in total. The molecule has 0 saturated carbocycles. The molecule has 0 atom stereocenters. The van der Waals surface area contributed by atoms with Crippen LogP contribution in [0.5, 0.6) is 5.88 Å². The average molecular weight is 751 g/mol. The number of anilines is 6. The van der Waals surface area contributed by atoms with Gasteiger partial charge in [0, 0.05) is 103 Å². The number of pyridine rings is 1. The van der Waals surface area contributed by atoms with Crippen LogP contribution in [0.15, 0.2) is 73.1 Å². The highest BCUT2D eigenvalue weighted by Gasteiger charge is 2.46. The predicted molar refractivity (Wildman–Crippen MR) is 219 cm³/mol. The molecule has 4 fully saturated rings. The van der Waals surface area contributed by atoms with Crippen molar-refractivity contribution in [3.63, 3.8) is 0 Å². The molecule has 1 spiro atoms. The van der Waals surface area contributed by atoms with E-state index in [1.807, 2.05) is 25.4 Å². The van der Waals surface area contributed by atoms with E-state index in [1.165, 1.54) is 24.2 Å². The molecule has 56 heavy (non-hydrogen) atoms. The van der Waals surface area contributed by atoms with Gasteiger partial charge in [-0.05, 0) is 105 Å². The number of piperidine rings is 1. The number of likely N-dealkylation sites (tertiary alicyclic amines) is 1. The van der Waals surface area contributed by atoms with Crippen LogP contribution in [0.25, 0.3) is 22.0 Å². The summed E-state index contributed by atoms with van der Waals surface area (Å²) in [6.07, 6.45) is 6.56. The van der Waals surface area contributed by atoms with Gasteiger partial charge in [0.15, 0.2) is 0 Å². The third-order valence-corrected chi connectivity index (χ3v) is 12.5. The van der Waals surface area contributed by atoms with Crippen molar-refractivity contribution in [2.45, 2.75) is 39.2 Å². The van der Waals surface area contributed by atoms with Crippen molar-refractivity contribution >= 4 is 57.2 Å². The maximum atomic E-state index is 12.4. The first-order valence-corrected chi connectivity index (χ1v) is 19.7. The number of fused-ring (bicyclic) bond motifs is 2. The Labute approximate surface area is 326 Å². The fourth-order valence-corrected chi connectivity index (χ4v) is 9.10. The lowest BCUT2D eigenvalue weighted by molar-refractivity contribution is -0.120. The van der Waals surface area contributed by atoms with E-state index in [2.05, 4.69) is 102 Å². The Hall–Kier alpha value is -5.95. The first-order chi connectivity index (χ1) is 27.3. The van der Waals surface area contributed by atoms with E-state index in [0.29, 0.717) is 42.9 Å². The molecule has 5 aromatic rings. The summed E-state index contributed by atoms with van der Waals surface area (Å²) in [4.78, 5) is 47.3. The van der Waals surface area contributed by atoms with Crippen LogP contribution in [-0.4, -0.2) is 96.8 Å². The highest BCUT2D eigenvalue weighted by atomic mass is 16.5. The number of carbonyl (C=O) groups is 2. The minimum Gasteiger partial charge on any atom is -0.474 e. The molecule has 3 aromatic carbocycles. The monoisotopic (exact) mass is 750 g/mol. The number of hydrogen-bond acceptors (Lipinski definition) is 11. The molecule has 286 valence electrons. The van der Waals surface area contributed by atoms with Crippen LogP contribution in [0.4, 0.5) is 39.2 Å². The molecule has 7 heterocycles. The lowest BCUT2D eigenvalue weighted by Crippen LogP contribution is -2.65. The maximum absolute atomic E-state index is 12.4. The van der Waals surface area contributed by atoms with Gasteiger partial charge in [0.05, 0.1) is 5.52 Å². The lowest BCUT2D eigenvalue weighted by atomic mass is 9.71. The molecule has 0 radical (unpaired) electrons. The zero-order chi connectivity index (χ0) is 38.0. The van der Waals surface area contributed by atoms with Crippen molar-refractivity contribution in [3.8, 4) is 17.0 Å². The van der Waals surface area contributed by atoms with Gasteiger partial charge in [-0.25, -0.2) is 19.7 Å². The van der Waals surface area contributed by atoms with Crippen molar-refractivity contribution in [2.75, 3.05) is 84.3 Å². The zero-order valence-electron chi connectivity index (χ0n) is 31.8. The molecule has 5 aliphatic rings. The van der Waals surface area contributed by atoms with Gasteiger partial charge in [0.1, 0.15) is 12.3 Å². The standard InChI is InChI=1S/C43H46N10O3/c1-27-19-33(9-10-37(27)53-15-11-38(54)49-42(53)55)51-23-34(24-51)50-16-12-43(13-17-50)25-52(26-43)32-7-5-31(6-8-32)47-41-46-21-30-4-3-29(20-36(30)48-41)35-22-45-40-39(28(35)2)44-14-18-56-40/h3-10,19-22,34,44H,11-18,23-26H2,1-2H3,(H,46,47,48)(H,49,54,55). The number of aryl methyl sites for hydroxylation is 1. The molecule has 13 heteroatoms. The summed E-state index contributed by atoms with van der Waals surface area (Å²) < 4.78 is 5.72. The van der Waals surface area contributed by atoms with E-state index < -0.39 is 0 Å². The fourth-order valence-electron chi connectivity index (χ4n) is 9.10. The van der Waals surface area contributed by atoms with Crippen LogP contribution >= 0.6 is 0 Å². The molecule has 5 aliphatic heterocycles. The number of carbonyl (C=O) groups excluding carboxylic acids is 2. The summed E-state index contributed by atoms with van der Waals surface area (Å²) in [6.45, 7) is 12.5. The number of imide groups is 1. The Morgan fingerprint density at radius 2 is 1.68 bits per heavy atom. The second-order valence-corrected chi connectivity index (χ2v) is 16.1. The highest BCUT2D eigenvalue weighted by Crippen LogP contribution is 2.44. The second-order valence-electron chi connectivity index (χ2n) is 16.1. The molecule has 0 aliphatic carbocycles. The average Bonchev–Trinajstić information content (AvgIpc) is 3.18. The van der Waals surface area contributed by atoms with Crippen LogP contribution < -0.4 is 35.4 Å². The van der Waals surface area contributed by atoms with E-state index in [0.717, 1.165) is 96.0 Å². The van der Waals surface area contributed by atoms with Crippen molar-refractivity contribution in [1.29, 1.82) is 0 Å². The Bertz CT molecular complexity index is 2350. The third kappa shape index (κ3) is 6.29. The first-order valence-electron chi connectivity index (χ1n) is 19.7. The molecule has 0 unspecified atom stereocenters. The molecular formula is C43H46N10O3. The van der Waals surface area contributed by atoms with E-state index in [-0.39, 0.29) is 11.9 Å². The van der Waals surface area contributed by atoms with Gasteiger partial charge in [-0.2, -0.15) is 0 Å². The van der Waals surface area contributed by atoms with Gasteiger partial charge < -0.3 is 25.2 Å². The van der Waals surface area contributed by atoms with Crippen molar-refractivity contribution in [2.24, 2.45) is 5.41 Å². The Morgan fingerprint density at radius 1 is 0.875 bits per heavy atom. The number of ether oxygens (including phenoxy) is 1. The van der Waals surface area contributed by atoms with Gasteiger partial charge in [0.25, 0.3) is 0 Å². The van der Waals surface area contributed by atoms with Gasteiger partial charge in [0.2, 0.25) is 17.7 Å². The van der Waals surface area contributed by atoms with E-state index in [1.54, 1.807) is 4.90 Å². The number of nitrogens with one attached hydrogen (secondary N) is 3. The number of urea groups is 1. The first kappa shape index (κ1) is 34.5. The van der Waals surface area contributed by atoms with Gasteiger partial charge >= 0.3 is 6.03 Å². The van der Waals surface area contributed by atoms with E-state index in [9.17, 15) is 9.59 Å². The summed E-state index contributed by atoms with van der Waals surface area (Å²) in [6, 6.07) is 21.4. The van der Waals surface area contributed by atoms with Gasteiger partial charge in [-0.15, -0.1) is 0 Å². The van der Waals surface area contributed by atoms with Crippen LogP contribution in [-0.2, 0) is 4.79 Å². The van der Waals surface area contributed by atoms with Crippen LogP contribution in [0.1, 0.15) is 30.4 Å². The van der Waals surface area contributed by atoms with Crippen LogP contribution in [0, 0.1) is 19.3 Å². The summed E-state index contributed by atoms with van der Waals surface area (Å²) in [5.74, 6) is 1.02. The molecule has 3 amide bonds. The highest BCUT2D eigenvalue weighted by molar-refractivity contribution is 6.06. The maximum Gasteiger partial charge on any atom is 0.328 e. The van der Waals surface area contributed by atoms with E-state index in [4.69, 9.17) is 9.72 Å². The minimum atomic E-state index is -0.336. The smallest absolute Gasteiger partial charge is 0.328 e. The number of rotatable bonds is 7. The summed E-state index contributed by atoms with van der Waals surface area (Å²) in [5, 5.41) is 10.3. The van der Waals surface area contributed by atoms with Crippen molar-refractivity contribution in [3.05, 3.63) is 84.2 Å². The number of amides is 3. The Morgan fingerprint density at radius 3 is 2.46 bits per heavy atom. The van der Waals surface area contributed by atoms with Crippen LogP contribution in [0.2, 0.25) is 0 Å². The third-order valence-electron chi connectivity index (χ3n) is 12.5. The zero-order valence-corrected chi connectivity index (χ0v) is 31.8. The SMILES string of the molecule is Cc1cc(N2CC(N3CCC4(CC3)CN(c3ccc(Nc5ncc6ccc(-c7cnc8c(c7C)NCCO8)cc6n5)cc3)C4)C2)ccc1N1CCC(=O)NC1=O. The topological polar surface area (TPSA) is 131 Å². The fraction of sp³-hybridized carbons (Fsp3) is 0.372. The molecule has 2 aromatic heterocycles. The minimum absolute atomic E-state index is 0.210. The molecule has 0 bridgehead atoms. The predicted octanol–water partition coefficient (Wildman–Crippen LogP) is 6.09. The number of hydrogen-bond donors (Lipinski definition) is 3. The quantitative estimate of drug-likeness (QED) is 0.179. The number of benzene rings is 3. The summed E-state index contributed by atoms with van der Waals surface area (Å²) in [5.41, 5.74) is 10.8. The summed E-state index contributed by atoms with van der Waals surface area (Å²) >= 11 is 0. The Kier molecular flexibility index (Phi) is 8.42. The second kappa shape index (κ2) is 13.7. The summed E-state index contributed by atoms with van der Waals surface area (Å²) in [7, 11) is 0. The Balaban J connectivity index is 0.711. The van der Waals surface area contributed by atoms with Gasteiger partial charge in [-0.1, -0.05) is 12.1 Å². The molecule has 4 saturated heterocycles. The van der Waals surface area contributed by atoms with E-state index >= 15 is 0 Å². The van der Waals surface area contributed by atoms with Gasteiger partial charge in [-0.3, -0.25) is 19.9 Å². The van der Waals surface area contributed by atoms with Crippen molar-refractivity contribution < 1.29 is 14.3 Å². The number of nitrogens with zero attached hydrogens (tertiary/aromatic N) is 7. The van der Waals surface area contributed by atoms with Crippen molar-refractivity contribution in [1.82, 2.24) is 25.2 Å².